The monoisotopic (exact) mass is 250 g/mol. The lowest BCUT2D eigenvalue weighted by Crippen LogP contribution is -2.28. The maximum atomic E-state index is 5.57. The van der Waals surface area contributed by atoms with Gasteiger partial charge in [0.05, 0.1) is 0 Å². The highest BCUT2D eigenvalue weighted by atomic mass is 16.6. The van der Waals surface area contributed by atoms with E-state index in [-0.39, 0.29) is 0 Å². The van der Waals surface area contributed by atoms with E-state index >= 15 is 0 Å². The fraction of sp³-hybridized carbons (Fsp3) is 0.571. The summed E-state index contributed by atoms with van der Waals surface area (Å²) in [4.78, 5) is 0. The van der Waals surface area contributed by atoms with Gasteiger partial charge < -0.3 is 20.1 Å². The molecule has 1 aromatic rings. The van der Waals surface area contributed by atoms with Gasteiger partial charge in [-0.1, -0.05) is 13.0 Å². The molecule has 0 aromatic heterocycles. The first-order valence-electron chi connectivity index (χ1n) is 6.70. The molecule has 18 heavy (non-hydrogen) atoms. The third kappa shape index (κ3) is 3.89. The van der Waals surface area contributed by atoms with Crippen LogP contribution in [0.2, 0.25) is 0 Å². The summed E-state index contributed by atoms with van der Waals surface area (Å²) < 4.78 is 11.1. The van der Waals surface area contributed by atoms with Gasteiger partial charge >= 0.3 is 0 Å². The Morgan fingerprint density at radius 3 is 2.61 bits per heavy atom. The SMILES string of the molecule is CCNCCNCCc1ccc2c(c1)OCCO2. The van der Waals surface area contributed by atoms with Gasteiger partial charge in [0, 0.05) is 13.1 Å². The molecule has 0 saturated carbocycles. The van der Waals surface area contributed by atoms with Crippen molar-refractivity contribution in [2.45, 2.75) is 13.3 Å². The average Bonchev–Trinajstić information content (AvgIpc) is 2.42. The molecule has 2 rings (SSSR count). The first kappa shape index (κ1) is 13.2. The molecule has 1 aliphatic heterocycles. The lowest BCUT2D eigenvalue weighted by molar-refractivity contribution is 0.171. The minimum absolute atomic E-state index is 0.650. The zero-order valence-electron chi connectivity index (χ0n) is 11.0. The number of fused-ring (bicyclic) bond motifs is 1. The molecule has 0 unspecified atom stereocenters. The van der Waals surface area contributed by atoms with Gasteiger partial charge in [0.25, 0.3) is 0 Å². The summed E-state index contributed by atoms with van der Waals surface area (Å²) in [6.07, 6.45) is 1.02. The number of nitrogens with one attached hydrogen (secondary N) is 2. The lowest BCUT2D eigenvalue weighted by Gasteiger charge is -2.18. The molecule has 0 bridgehead atoms. The number of likely N-dealkylation sites (N-methyl/N-ethyl adjacent to an activating group) is 1. The smallest absolute Gasteiger partial charge is 0.161 e. The van der Waals surface area contributed by atoms with Crippen LogP contribution < -0.4 is 20.1 Å². The molecule has 0 saturated heterocycles. The minimum Gasteiger partial charge on any atom is -0.486 e. The molecule has 0 spiro atoms. The van der Waals surface area contributed by atoms with Crippen molar-refractivity contribution in [3.63, 3.8) is 0 Å². The molecular formula is C14H22N2O2. The van der Waals surface area contributed by atoms with Crippen molar-refractivity contribution in [1.82, 2.24) is 10.6 Å². The first-order chi connectivity index (χ1) is 8.90. The van der Waals surface area contributed by atoms with Gasteiger partial charge in [-0.2, -0.15) is 0 Å². The second-order valence-corrected chi connectivity index (χ2v) is 4.33. The Kier molecular flexibility index (Phi) is 5.30. The molecule has 1 aliphatic rings. The summed E-state index contributed by atoms with van der Waals surface area (Å²) in [6, 6.07) is 6.20. The topological polar surface area (TPSA) is 42.5 Å². The van der Waals surface area contributed by atoms with Crippen LogP contribution in [0.15, 0.2) is 18.2 Å². The highest BCUT2D eigenvalue weighted by Crippen LogP contribution is 2.30. The zero-order valence-corrected chi connectivity index (χ0v) is 11.0. The van der Waals surface area contributed by atoms with Crippen LogP contribution in [0.25, 0.3) is 0 Å². The third-order valence-corrected chi connectivity index (χ3v) is 2.93. The largest absolute Gasteiger partial charge is 0.486 e. The minimum atomic E-state index is 0.650. The van der Waals surface area contributed by atoms with E-state index in [2.05, 4.69) is 29.7 Å². The summed E-state index contributed by atoms with van der Waals surface area (Å²) >= 11 is 0. The Morgan fingerprint density at radius 2 is 1.78 bits per heavy atom. The summed E-state index contributed by atoms with van der Waals surface area (Å²) in [5, 5.41) is 6.70. The molecule has 2 N–H and O–H groups in total. The summed E-state index contributed by atoms with van der Waals surface area (Å²) in [6.45, 7) is 7.48. The van der Waals surface area contributed by atoms with E-state index in [1.807, 2.05) is 6.07 Å². The van der Waals surface area contributed by atoms with Crippen LogP contribution in [0, 0.1) is 0 Å². The number of hydrogen-bond acceptors (Lipinski definition) is 4. The highest BCUT2D eigenvalue weighted by molar-refractivity contribution is 5.43. The van der Waals surface area contributed by atoms with Crippen molar-refractivity contribution < 1.29 is 9.47 Å². The Labute approximate surface area is 109 Å². The van der Waals surface area contributed by atoms with Crippen molar-refractivity contribution in [2.75, 3.05) is 39.4 Å². The van der Waals surface area contributed by atoms with Gasteiger partial charge in [-0.05, 0) is 37.2 Å². The predicted octanol–water partition coefficient (Wildman–Crippen LogP) is 1.20. The second-order valence-electron chi connectivity index (χ2n) is 4.33. The quantitative estimate of drug-likeness (QED) is 0.714. The van der Waals surface area contributed by atoms with E-state index in [4.69, 9.17) is 9.47 Å². The summed E-state index contributed by atoms with van der Waals surface area (Å²) in [7, 11) is 0. The van der Waals surface area contributed by atoms with Crippen LogP contribution in [-0.2, 0) is 6.42 Å². The van der Waals surface area contributed by atoms with E-state index in [9.17, 15) is 0 Å². The molecular weight excluding hydrogens is 228 g/mol. The van der Waals surface area contributed by atoms with Crippen molar-refractivity contribution in [3.05, 3.63) is 23.8 Å². The fourth-order valence-electron chi connectivity index (χ4n) is 1.95. The number of ether oxygens (including phenoxy) is 2. The average molecular weight is 250 g/mol. The zero-order chi connectivity index (χ0) is 12.6. The van der Waals surface area contributed by atoms with Gasteiger partial charge in [0.15, 0.2) is 11.5 Å². The van der Waals surface area contributed by atoms with E-state index < -0.39 is 0 Å². The Bertz CT molecular complexity index is 369. The number of hydrogen-bond donors (Lipinski definition) is 2. The summed E-state index contributed by atoms with van der Waals surface area (Å²) in [5.41, 5.74) is 1.29. The third-order valence-electron chi connectivity index (χ3n) is 2.93. The van der Waals surface area contributed by atoms with Gasteiger partial charge in [0.2, 0.25) is 0 Å². The van der Waals surface area contributed by atoms with Crippen LogP contribution in [0.5, 0.6) is 11.5 Å². The highest BCUT2D eigenvalue weighted by Gasteiger charge is 2.11. The number of benzene rings is 1. The molecule has 1 aromatic carbocycles. The Morgan fingerprint density at radius 1 is 1.00 bits per heavy atom. The molecule has 0 amide bonds. The maximum Gasteiger partial charge on any atom is 0.161 e. The van der Waals surface area contributed by atoms with Crippen molar-refractivity contribution >= 4 is 0 Å². The van der Waals surface area contributed by atoms with Gasteiger partial charge in [-0.3, -0.25) is 0 Å². The molecule has 0 atom stereocenters. The molecule has 100 valence electrons. The van der Waals surface area contributed by atoms with Crippen LogP contribution in [0.4, 0.5) is 0 Å². The molecule has 0 radical (unpaired) electrons. The van der Waals surface area contributed by atoms with Crippen molar-refractivity contribution in [2.24, 2.45) is 0 Å². The normalized spacial score (nSPS) is 13.6. The van der Waals surface area contributed by atoms with Crippen molar-refractivity contribution in [1.29, 1.82) is 0 Å². The Balaban J connectivity index is 1.72. The molecule has 1 heterocycles. The van der Waals surface area contributed by atoms with E-state index in [0.717, 1.165) is 44.1 Å². The van der Waals surface area contributed by atoms with E-state index in [1.165, 1.54) is 5.56 Å². The molecule has 0 aliphatic carbocycles. The molecule has 4 nitrogen and oxygen atoms in total. The van der Waals surface area contributed by atoms with E-state index in [1.54, 1.807) is 0 Å². The van der Waals surface area contributed by atoms with Gasteiger partial charge in [-0.25, -0.2) is 0 Å². The molecule has 4 heteroatoms. The number of rotatable bonds is 7. The molecule has 0 fully saturated rings. The van der Waals surface area contributed by atoms with Crippen molar-refractivity contribution in [3.8, 4) is 11.5 Å². The van der Waals surface area contributed by atoms with Gasteiger partial charge in [0.1, 0.15) is 13.2 Å². The van der Waals surface area contributed by atoms with Crippen LogP contribution in [0.3, 0.4) is 0 Å². The van der Waals surface area contributed by atoms with Crippen LogP contribution in [0.1, 0.15) is 12.5 Å². The Hall–Kier alpha value is -1.26. The maximum absolute atomic E-state index is 5.57. The van der Waals surface area contributed by atoms with Crippen LogP contribution >= 0.6 is 0 Å². The first-order valence-corrected chi connectivity index (χ1v) is 6.70. The van der Waals surface area contributed by atoms with Crippen LogP contribution in [-0.4, -0.2) is 39.4 Å². The predicted molar refractivity (Wildman–Crippen MR) is 72.5 cm³/mol. The van der Waals surface area contributed by atoms with Gasteiger partial charge in [-0.15, -0.1) is 0 Å². The standard InChI is InChI=1S/C14H22N2O2/c1-2-15-7-8-16-6-5-12-3-4-13-14(11-12)18-10-9-17-13/h3-4,11,15-16H,2,5-10H2,1H3. The lowest BCUT2D eigenvalue weighted by atomic mass is 10.1. The van der Waals surface area contributed by atoms with E-state index in [0.29, 0.717) is 13.2 Å². The fourth-order valence-corrected chi connectivity index (χ4v) is 1.95. The second kappa shape index (κ2) is 7.24. The summed E-state index contributed by atoms with van der Waals surface area (Å²) in [5.74, 6) is 1.75.